The molecular weight excluding hydrogens is 234 g/mol. The molecule has 1 aromatic carbocycles. The predicted molar refractivity (Wildman–Crippen MR) is 54.4 cm³/mol. The zero-order valence-corrected chi connectivity index (χ0v) is 8.82. The average molecular weight is 246 g/mol. The molecular formula is C9H12BrNO2. The van der Waals surface area contributed by atoms with Crippen molar-refractivity contribution in [2.75, 3.05) is 0 Å². The molecule has 0 saturated heterocycles. The number of aliphatic hydroxyl groups excluding tert-OH is 1. The summed E-state index contributed by atoms with van der Waals surface area (Å²) in [5.74, 6) is 0.0934. The van der Waals surface area contributed by atoms with Crippen molar-refractivity contribution in [3.8, 4) is 5.75 Å². The van der Waals surface area contributed by atoms with Crippen LogP contribution in [-0.2, 0) is 0 Å². The lowest BCUT2D eigenvalue weighted by molar-refractivity contribution is 0.163. The number of halogens is 1. The van der Waals surface area contributed by atoms with Gasteiger partial charge in [-0.05, 0) is 28.9 Å². The van der Waals surface area contributed by atoms with Gasteiger partial charge in [-0.25, -0.2) is 0 Å². The Morgan fingerprint density at radius 1 is 1.46 bits per heavy atom. The molecule has 0 fully saturated rings. The molecule has 0 bridgehead atoms. The fraction of sp³-hybridized carbons (Fsp3) is 0.333. The molecule has 4 heteroatoms. The Hall–Kier alpha value is -0.580. The topological polar surface area (TPSA) is 66.5 Å². The predicted octanol–water partition coefficient (Wildman–Crippen LogP) is 1.54. The summed E-state index contributed by atoms with van der Waals surface area (Å²) in [6.45, 7) is 1.59. The van der Waals surface area contributed by atoms with Crippen molar-refractivity contribution in [3.63, 3.8) is 0 Å². The van der Waals surface area contributed by atoms with Gasteiger partial charge >= 0.3 is 0 Å². The normalized spacial score (nSPS) is 15.4. The van der Waals surface area contributed by atoms with E-state index in [1.54, 1.807) is 25.1 Å². The fourth-order valence-electron chi connectivity index (χ4n) is 1.06. The highest BCUT2D eigenvalue weighted by atomic mass is 79.9. The second-order valence-electron chi connectivity index (χ2n) is 2.94. The van der Waals surface area contributed by atoms with E-state index in [1.165, 1.54) is 0 Å². The summed E-state index contributed by atoms with van der Waals surface area (Å²) >= 11 is 3.18. The lowest BCUT2D eigenvalue weighted by atomic mass is 10.0. The summed E-state index contributed by atoms with van der Waals surface area (Å²) in [6, 6.07) is 4.62. The highest BCUT2D eigenvalue weighted by molar-refractivity contribution is 9.10. The van der Waals surface area contributed by atoms with Gasteiger partial charge in [0, 0.05) is 5.56 Å². The minimum absolute atomic E-state index is 0.0934. The Morgan fingerprint density at radius 3 is 2.62 bits per heavy atom. The number of phenolic OH excluding ortho intramolecular Hbond substituents is 1. The van der Waals surface area contributed by atoms with Crippen LogP contribution in [0.1, 0.15) is 18.5 Å². The van der Waals surface area contributed by atoms with Gasteiger partial charge < -0.3 is 15.9 Å². The third kappa shape index (κ3) is 2.21. The quantitative estimate of drug-likeness (QED) is 0.741. The minimum Gasteiger partial charge on any atom is -0.506 e. The first kappa shape index (κ1) is 10.5. The zero-order valence-electron chi connectivity index (χ0n) is 7.24. The van der Waals surface area contributed by atoms with E-state index in [-0.39, 0.29) is 5.75 Å². The maximum Gasteiger partial charge on any atom is 0.134 e. The number of aliphatic hydroxyl groups is 1. The smallest absolute Gasteiger partial charge is 0.134 e. The largest absolute Gasteiger partial charge is 0.506 e. The molecule has 0 amide bonds. The molecule has 13 heavy (non-hydrogen) atoms. The molecule has 0 aromatic heterocycles. The van der Waals surface area contributed by atoms with Gasteiger partial charge in [-0.2, -0.15) is 0 Å². The van der Waals surface area contributed by atoms with Gasteiger partial charge in [-0.1, -0.05) is 12.1 Å². The molecule has 1 aromatic rings. The van der Waals surface area contributed by atoms with Crippen LogP contribution in [0.2, 0.25) is 0 Å². The Morgan fingerprint density at radius 2 is 2.08 bits per heavy atom. The van der Waals surface area contributed by atoms with Crippen LogP contribution in [0.15, 0.2) is 22.7 Å². The minimum atomic E-state index is -0.680. The van der Waals surface area contributed by atoms with E-state index >= 15 is 0 Å². The van der Waals surface area contributed by atoms with Crippen molar-refractivity contribution < 1.29 is 10.2 Å². The molecule has 2 atom stereocenters. The maximum atomic E-state index is 9.58. The number of hydrogen-bond acceptors (Lipinski definition) is 3. The van der Waals surface area contributed by atoms with Crippen LogP contribution in [0.25, 0.3) is 0 Å². The number of para-hydroxylation sites is 1. The second kappa shape index (κ2) is 4.09. The molecule has 4 N–H and O–H groups in total. The molecule has 0 spiro atoms. The third-order valence-corrected chi connectivity index (χ3v) is 2.54. The van der Waals surface area contributed by atoms with Gasteiger partial charge in [0.25, 0.3) is 0 Å². The molecule has 72 valence electrons. The first-order valence-electron chi connectivity index (χ1n) is 3.95. The van der Waals surface area contributed by atoms with Crippen molar-refractivity contribution in [1.29, 1.82) is 0 Å². The standard InChI is InChI=1S/C9H12BrNO2/c1-5(12)8(11)6-3-2-4-7(10)9(6)13/h2-5,8,12-13H,11H2,1H3/t5-,8+/m0/s1. The van der Waals surface area contributed by atoms with E-state index < -0.39 is 12.1 Å². The van der Waals surface area contributed by atoms with Crippen molar-refractivity contribution in [2.24, 2.45) is 5.73 Å². The SMILES string of the molecule is C[C@H](O)[C@@H](N)c1cccc(Br)c1O. The van der Waals surface area contributed by atoms with Crippen molar-refractivity contribution >= 4 is 15.9 Å². The number of hydrogen-bond donors (Lipinski definition) is 3. The first-order chi connectivity index (χ1) is 6.04. The van der Waals surface area contributed by atoms with Crippen LogP contribution in [0.3, 0.4) is 0 Å². The summed E-state index contributed by atoms with van der Waals surface area (Å²) in [4.78, 5) is 0. The number of rotatable bonds is 2. The summed E-state index contributed by atoms with van der Waals surface area (Å²) in [6.07, 6.45) is -0.680. The van der Waals surface area contributed by atoms with E-state index in [1.807, 2.05) is 0 Å². The highest BCUT2D eigenvalue weighted by Crippen LogP contribution is 2.31. The molecule has 0 aliphatic carbocycles. The van der Waals surface area contributed by atoms with Crippen molar-refractivity contribution in [1.82, 2.24) is 0 Å². The molecule has 0 unspecified atom stereocenters. The van der Waals surface area contributed by atoms with Gasteiger partial charge in [-0.3, -0.25) is 0 Å². The molecule has 0 aliphatic heterocycles. The molecule has 0 radical (unpaired) electrons. The Kier molecular flexibility index (Phi) is 3.30. The van der Waals surface area contributed by atoms with Gasteiger partial charge in [0.1, 0.15) is 5.75 Å². The lowest BCUT2D eigenvalue weighted by Crippen LogP contribution is -2.23. The highest BCUT2D eigenvalue weighted by Gasteiger charge is 2.16. The molecule has 1 rings (SSSR count). The first-order valence-corrected chi connectivity index (χ1v) is 4.74. The monoisotopic (exact) mass is 245 g/mol. The second-order valence-corrected chi connectivity index (χ2v) is 3.80. The third-order valence-electron chi connectivity index (χ3n) is 1.90. The van der Waals surface area contributed by atoms with E-state index in [9.17, 15) is 10.2 Å². The summed E-state index contributed by atoms with van der Waals surface area (Å²) in [7, 11) is 0. The Labute approximate surface area is 85.3 Å². The van der Waals surface area contributed by atoms with Crippen LogP contribution in [0, 0.1) is 0 Å². The number of nitrogens with two attached hydrogens (primary N) is 1. The van der Waals surface area contributed by atoms with Crippen LogP contribution in [0.4, 0.5) is 0 Å². The van der Waals surface area contributed by atoms with E-state index in [0.717, 1.165) is 0 Å². The zero-order chi connectivity index (χ0) is 10.0. The average Bonchev–Trinajstić information content (AvgIpc) is 2.08. The molecule has 0 heterocycles. The van der Waals surface area contributed by atoms with E-state index in [2.05, 4.69) is 15.9 Å². The molecule has 0 aliphatic rings. The van der Waals surface area contributed by atoms with Crippen molar-refractivity contribution in [3.05, 3.63) is 28.2 Å². The fourth-order valence-corrected chi connectivity index (χ4v) is 1.44. The lowest BCUT2D eigenvalue weighted by Gasteiger charge is -2.16. The summed E-state index contributed by atoms with van der Waals surface area (Å²) < 4.78 is 0.584. The Balaban J connectivity index is 3.07. The van der Waals surface area contributed by atoms with Crippen LogP contribution in [-0.4, -0.2) is 16.3 Å². The van der Waals surface area contributed by atoms with Crippen molar-refractivity contribution in [2.45, 2.75) is 19.1 Å². The number of aromatic hydroxyl groups is 1. The van der Waals surface area contributed by atoms with Gasteiger partial charge in [0.05, 0.1) is 16.6 Å². The van der Waals surface area contributed by atoms with Crippen LogP contribution >= 0.6 is 15.9 Å². The van der Waals surface area contributed by atoms with Gasteiger partial charge in [-0.15, -0.1) is 0 Å². The van der Waals surface area contributed by atoms with E-state index in [4.69, 9.17) is 5.73 Å². The summed E-state index contributed by atoms with van der Waals surface area (Å²) in [5.41, 5.74) is 6.22. The van der Waals surface area contributed by atoms with Gasteiger partial charge in [0.2, 0.25) is 0 Å². The van der Waals surface area contributed by atoms with Crippen LogP contribution < -0.4 is 5.73 Å². The summed E-state index contributed by atoms with van der Waals surface area (Å²) in [5, 5.41) is 18.8. The molecule has 3 nitrogen and oxygen atoms in total. The Bertz CT molecular complexity index is 302. The number of benzene rings is 1. The molecule has 0 saturated carbocycles. The van der Waals surface area contributed by atoms with Gasteiger partial charge in [0.15, 0.2) is 0 Å². The number of phenols is 1. The van der Waals surface area contributed by atoms with E-state index in [0.29, 0.717) is 10.0 Å². The van der Waals surface area contributed by atoms with Crippen LogP contribution in [0.5, 0.6) is 5.75 Å². The maximum absolute atomic E-state index is 9.58.